The number of rotatable bonds is 5. The van der Waals surface area contributed by atoms with Gasteiger partial charge in [0.15, 0.2) is 0 Å². The van der Waals surface area contributed by atoms with Gasteiger partial charge in [-0.2, -0.15) is 0 Å². The molecule has 0 aromatic carbocycles. The van der Waals surface area contributed by atoms with Gasteiger partial charge in [0.05, 0.1) is 5.69 Å². The number of piperidine rings is 1. The molecule has 3 rings (SSSR count). The maximum absolute atomic E-state index is 4.46. The molecule has 1 aromatic heterocycles. The van der Waals surface area contributed by atoms with Crippen molar-refractivity contribution in [2.75, 3.05) is 19.6 Å². The average Bonchev–Trinajstić information content (AvgIpc) is 3.25. The van der Waals surface area contributed by atoms with Gasteiger partial charge < -0.3 is 5.32 Å². The van der Waals surface area contributed by atoms with Gasteiger partial charge in [-0.25, -0.2) is 0 Å². The number of hydrogen-bond acceptors (Lipinski definition) is 3. The Kier molecular flexibility index (Phi) is 4.51. The monoisotopic (exact) mass is 323 g/mol. The zero-order chi connectivity index (χ0) is 13.1. The third-order valence-corrected chi connectivity index (χ3v) is 4.62. The van der Waals surface area contributed by atoms with E-state index in [4.69, 9.17) is 0 Å². The highest BCUT2D eigenvalue weighted by molar-refractivity contribution is 9.10. The third-order valence-electron chi connectivity index (χ3n) is 4.15. The van der Waals surface area contributed by atoms with Crippen molar-refractivity contribution in [1.29, 1.82) is 0 Å². The highest BCUT2D eigenvalue weighted by Crippen LogP contribution is 2.28. The van der Waals surface area contributed by atoms with Crippen LogP contribution in [0.5, 0.6) is 0 Å². The first kappa shape index (κ1) is 13.5. The minimum atomic E-state index is 0.745. The van der Waals surface area contributed by atoms with Crippen LogP contribution in [0.3, 0.4) is 0 Å². The normalized spacial score (nSPS) is 21.7. The molecule has 0 amide bonds. The Bertz CT molecular complexity index is 394. The first-order valence-electron chi connectivity index (χ1n) is 7.36. The second-order valence-electron chi connectivity index (χ2n) is 5.87. The molecule has 0 atom stereocenters. The number of nitrogens with one attached hydrogen (secondary N) is 1. The quantitative estimate of drug-likeness (QED) is 0.903. The number of pyridine rings is 1. The van der Waals surface area contributed by atoms with Crippen molar-refractivity contribution in [3.63, 3.8) is 0 Å². The first-order chi connectivity index (χ1) is 9.29. The number of halogens is 1. The van der Waals surface area contributed by atoms with E-state index in [1.54, 1.807) is 0 Å². The summed E-state index contributed by atoms with van der Waals surface area (Å²) < 4.78 is 1.05. The third kappa shape index (κ3) is 4.26. The van der Waals surface area contributed by atoms with Crippen LogP contribution in [0.2, 0.25) is 0 Å². The summed E-state index contributed by atoms with van der Waals surface area (Å²) >= 11 is 3.43. The van der Waals surface area contributed by atoms with Gasteiger partial charge in [-0.05, 0) is 66.2 Å². The largest absolute Gasteiger partial charge is 0.314 e. The molecule has 1 aliphatic heterocycles. The van der Waals surface area contributed by atoms with Gasteiger partial charge >= 0.3 is 0 Å². The van der Waals surface area contributed by atoms with Crippen LogP contribution in [0.4, 0.5) is 0 Å². The van der Waals surface area contributed by atoms with Gasteiger partial charge in [-0.1, -0.05) is 0 Å². The Balaban J connectivity index is 1.40. The van der Waals surface area contributed by atoms with Gasteiger partial charge in [0, 0.05) is 36.3 Å². The summed E-state index contributed by atoms with van der Waals surface area (Å²) in [5, 5.41) is 3.73. The van der Waals surface area contributed by atoms with Crippen LogP contribution < -0.4 is 5.32 Å². The van der Waals surface area contributed by atoms with E-state index in [0.717, 1.165) is 23.0 Å². The van der Waals surface area contributed by atoms with Crippen LogP contribution >= 0.6 is 15.9 Å². The first-order valence-corrected chi connectivity index (χ1v) is 8.15. The zero-order valence-corrected chi connectivity index (χ0v) is 12.9. The van der Waals surface area contributed by atoms with E-state index in [0.29, 0.717) is 0 Å². The molecule has 1 N–H and O–H groups in total. The summed E-state index contributed by atoms with van der Waals surface area (Å²) in [5.41, 5.74) is 1.17. The fourth-order valence-electron chi connectivity index (χ4n) is 2.68. The SMILES string of the molecule is Brc1ccc(CN2CCC(NCC3CC3)CC2)nc1. The van der Waals surface area contributed by atoms with Crippen LogP contribution in [0.1, 0.15) is 31.4 Å². The fourth-order valence-corrected chi connectivity index (χ4v) is 2.91. The minimum Gasteiger partial charge on any atom is -0.314 e. The molecule has 1 saturated carbocycles. The summed E-state index contributed by atoms with van der Waals surface area (Å²) in [6, 6.07) is 4.93. The van der Waals surface area contributed by atoms with Crippen molar-refractivity contribution >= 4 is 15.9 Å². The molecule has 0 spiro atoms. The van der Waals surface area contributed by atoms with E-state index in [1.165, 1.54) is 51.0 Å². The molecular formula is C15H22BrN3. The Morgan fingerprint density at radius 3 is 2.63 bits per heavy atom. The molecule has 4 heteroatoms. The van der Waals surface area contributed by atoms with E-state index in [9.17, 15) is 0 Å². The van der Waals surface area contributed by atoms with Gasteiger partial charge in [0.1, 0.15) is 0 Å². The molecule has 19 heavy (non-hydrogen) atoms. The second-order valence-corrected chi connectivity index (χ2v) is 6.79. The zero-order valence-electron chi connectivity index (χ0n) is 11.3. The van der Waals surface area contributed by atoms with Crippen LogP contribution in [0.25, 0.3) is 0 Å². The van der Waals surface area contributed by atoms with Crippen molar-refractivity contribution in [3.8, 4) is 0 Å². The summed E-state index contributed by atoms with van der Waals surface area (Å²) in [6.07, 6.45) is 7.34. The molecule has 1 aliphatic carbocycles. The van der Waals surface area contributed by atoms with Gasteiger partial charge in [-0.3, -0.25) is 9.88 Å². The van der Waals surface area contributed by atoms with Crippen molar-refractivity contribution in [2.24, 2.45) is 5.92 Å². The number of aromatic nitrogens is 1. The summed E-state index contributed by atoms with van der Waals surface area (Å²) in [6.45, 7) is 4.63. The summed E-state index contributed by atoms with van der Waals surface area (Å²) in [5.74, 6) is 0.991. The maximum Gasteiger partial charge on any atom is 0.0544 e. The Hall–Kier alpha value is -0.450. The molecule has 0 unspecified atom stereocenters. The molecule has 2 fully saturated rings. The van der Waals surface area contributed by atoms with E-state index >= 15 is 0 Å². The maximum atomic E-state index is 4.46. The molecule has 1 saturated heterocycles. The van der Waals surface area contributed by atoms with Crippen LogP contribution in [0.15, 0.2) is 22.8 Å². The van der Waals surface area contributed by atoms with Gasteiger partial charge in [-0.15, -0.1) is 0 Å². The lowest BCUT2D eigenvalue weighted by atomic mass is 10.0. The van der Waals surface area contributed by atoms with Crippen LogP contribution in [-0.4, -0.2) is 35.6 Å². The smallest absolute Gasteiger partial charge is 0.0544 e. The highest BCUT2D eigenvalue weighted by Gasteiger charge is 2.24. The minimum absolute atomic E-state index is 0.745. The Morgan fingerprint density at radius 2 is 2.00 bits per heavy atom. The lowest BCUT2D eigenvalue weighted by molar-refractivity contribution is 0.188. The van der Waals surface area contributed by atoms with Gasteiger partial charge in [0.2, 0.25) is 0 Å². The fraction of sp³-hybridized carbons (Fsp3) is 0.667. The Morgan fingerprint density at radius 1 is 1.21 bits per heavy atom. The number of likely N-dealkylation sites (tertiary alicyclic amines) is 1. The molecule has 3 nitrogen and oxygen atoms in total. The van der Waals surface area contributed by atoms with E-state index in [2.05, 4.69) is 43.3 Å². The predicted molar refractivity (Wildman–Crippen MR) is 81.0 cm³/mol. The molecular weight excluding hydrogens is 302 g/mol. The standard InChI is InChI=1S/C15H22BrN3/c16-13-3-4-15(18-10-13)11-19-7-5-14(6-8-19)17-9-12-1-2-12/h3-4,10,12,14,17H,1-2,5-9,11H2. The lowest BCUT2D eigenvalue weighted by Gasteiger charge is -2.32. The van der Waals surface area contributed by atoms with Crippen molar-refractivity contribution < 1.29 is 0 Å². The molecule has 0 radical (unpaired) electrons. The summed E-state index contributed by atoms with van der Waals surface area (Å²) in [7, 11) is 0. The van der Waals surface area contributed by atoms with Crippen LogP contribution in [0, 0.1) is 5.92 Å². The summed E-state index contributed by atoms with van der Waals surface area (Å²) in [4.78, 5) is 6.97. The molecule has 2 heterocycles. The van der Waals surface area contributed by atoms with Crippen molar-refractivity contribution in [3.05, 3.63) is 28.5 Å². The number of nitrogens with zero attached hydrogens (tertiary/aromatic N) is 2. The van der Waals surface area contributed by atoms with Crippen LogP contribution in [-0.2, 0) is 6.54 Å². The highest BCUT2D eigenvalue weighted by atomic mass is 79.9. The lowest BCUT2D eigenvalue weighted by Crippen LogP contribution is -2.42. The second kappa shape index (κ2) is 6.33. The molecule has 104 valence electrons. The van der Waals surface area contributed by atoms with E-state index in [1.807, 2.05) is 6.20 Å². The number of hydrogen-bond donors (Lipinski definition) is 1. The molecule has 0 bridgehead atoms. The predicted octanol–water partition coefficient (Wildman–Crippen LogP) is 2.81. The molecule has 1 aromatic rings. The Labute approximate surface area is 123 Å². The van der Waals surface area contributed by atoms with Gasteiger partial charge in [0.25, 0.3) is 0 Å². The average molecular weight is 324 g/mol. The topological polar surface area (TPSA) is 28.2 Å². The molecule has 2 aliphatic rings. The van der Waals surface area contributed by atoms with E-state index < -0.39 is 0 Å². The van der Waals surface area contributed by atoms with Crippen molar-refractivity contribution in [1.82, 2.24) is 15.2 Å². The van der Waals surface area contributed by atoms with E-state index in [-0.39, 0.29) is 0 Å². The van der Waals surface area contributed by atoms with Crippen molar-refractivity contribution in [2.45, 2.75) is 38.3 Å².